The zero-order valence-corrected chi connectivity index (χ0v) is 43.6. The number of aliphatic hydroxyl groups is 2. The number of ketones is 1. The van der Waals surface area contributed by atoms with Crippen LogP contribution in [-0.4, -0.2) is 76.5 Å². The molecule has 2 aromatic heterocycles. The Morgan fingerprint density at radius 2 is 1.82 bits per heavy atom. The molecule has 7 aliphatic rings. The number of phenols is 1. The average Bonchev–Trinajstić information content (AvgIpc) is 4.23. The fourth-order valence-electron chi connectivity index (χ4n) is 14.9. The van der Waals surface area contributed by atoms with Crippen LogP contribution in [0.4, 0.5) is 5.69 Å². The summed E-state index contributed by atoms with van der Waals surface area (Å²) < 4.78 is 0. The number of Topliss-reactive ketones (excluding diaryl/α,β-unsaturated/α-hetero) is 1. The molecule has 0 radical (unpaired) electrons. The number of rotatable bonds is 8. The number of thiophene rings is 2. The number of guanidine groups is 1. The summed E-state index contributed by atoms with van der Waals surface area (Å²) >= 11 is 3.28. The van der Waals surface area contributed by atoms with Crippen LogP contribution in [0.15, 0.2) is 69.6 Å². The Hall–Kier alpha value is -5.24. The predicted molar refractivity (Wildman–Crippen MR) is 292 cm³/mol. The average molecular weight is 1000 g/mol. The number of nitrogens with two attached hydrogens (primary N) is 1. The number of hydrogen-bond acceptors (Lipinski definition) is 10. The molecular weight excluding hydrogens is 933 g/mol. The number of carbonyl (C=O) groups excluding carboxylic acids is 1. The molecule has 0 saturated heterocycles. The Morgan fingerprint density at radius 1 is 0.986 bits per heavy atom. The monoisotopic (exact) mass is 1000 g/mol. The van der Waals surface area contributed by atoms with E-state index in [1.165, 1.54) is 30.4 Å². The van der Waals surface area contributed by atoms with Gasteiger partial charge in [-0.15, -0.1) is 28.6 Å². The number of hydrogen-bond donors (Lipinski definition) is 6. The Labute approximate surface area is 433 Å². The summed E-state index contributed by atoms with van der Waals surface area (Å²) in [5.41, 5.74) is 12.0. The highest BCUT2D eigenvalue weighted by Crippen LogP contribution is 2.70. The summed E-state index contributed by atoms with van der Waals surface area (Å²) in [6.45, 7) is 4.51. The van der Waals surface area contributed by atoms with Crippen LogP contribution in [0.2, 0.25) is 0 Å². The first-order valence-electron chi connectivity index (χ1n) is 26.8. The summed E-state index contributed by atoms with van der Waals surface area (Å²) in [4.78, 5) is 34.4. The van der Waals surface area contributed by atoms with Crippen LogP contribution in [-0.2, 0) is 25.7 Å². The van der Waals surface area contributed by atoms with Gasteiger partial charge in [0.15, 0.2) is 11.7 Å². The Balaban J connectivity index is 1.09. The zero-order valence-electron chi connectivity index (χ0n) is 41.9. The number of β-amino-alcohol motifs (C(OH)–C–C–N with tert-alkyl or cyclic N) is 1. The number of nitrogens with one attached hydrogen (secondary N) is 2. The molecule has 72 heavy (non-hydrogen) atoms. The number of phenolic OH excluding ortho intramolecular Hbond substituents is 1. The van der Waals surface area contributed by atoms with E-state index in [-0.39, 0.29) is 77.2 Å². The third-order valence-corrected chi connectivity index (χ3v) is 20.4. The molecule has 7 N–H and O–H groups in total. The Bertz CT molecular complexity index is 2940. The molecule has 4 saturated carbocycles. The van der Waals surface area contributed by atoms with Crippen molar-refractivity contribution in [1.29, 1.82) is 0 Å². The van der Waals surface area contributed by atoms with E-state index in [0.717, 1.165) is 106 Å². The minimum atomic E-state index is -1.16. The lowest BCUT2D eigenvalue weighted by Gasteiger charge is -2.47. The van der Waals surface area contributed by atoms with Gasteiger partial charge in [-0.2, -0.15) is 0 Å². The molecule has 5 aliphatic carbocycles. The van der Waals surface area contributed by atoms with E-state index in [1.54, 1.807) is 28.7 Å². The van der Waals surface area contributed by atoms with Crippen LogP contribution >= 0.6 is 22.7 Å². The molecule has 11 rings (SSSR count). The van der Waals surface area contributed by atoms with E-state index in [4.69, 9.17) is 15.7 Å². The van der Waals surface area contributed by atoms with Gasteiger partial charge >= 0.3 is 0 Å². The van der Waals surface area contributed by atoms with Gasteiger partial charge < -0.3 is 31.7 Å². The standard InChI is InChI=1S/C60H70N6O4S2/c1-3-9-46-17-20-53(71-46)54-21-22-55(72-54)56(69)49-19-16-40-30-59(49)31-50(60(34-59)23-8-12-42(60)33-67)38-15-18-47-41(26-51(40)66-57(61)65-43-13-5-4-6-14-43)25-45(68)28-52(47)63-35-58(2,70)29-39-11-7-10-37(24-38)48(39)27-44-32-62-36-64-44/h7,10-11,17,20-22,25,28,32,38,40,42-43,49-51,63,67-68,70H,4-6,8,12-14,16,19,23-24,26-27,29-31,33-36H2,1-2H3,(H3,61,65,66)/t38-,40+,42-,49-,50-,51-,58-,59+,60+/m0/s1. The number of benzene rings is 2. The van der Waals surface area contributed by atoms with Crippen LogP contribution in [0, 0.1) is 64.1 Å². The second-order valence-corrected chi connectivity index (χ2v) is 24.9. The van der Waals surface area contributed by atoms with Gasteiger partial charge in [-0.3, -0.25) is 14.8 Å². The molecule has 4 heterocycles. The van der Waals surface area contributed by atoms with E-state index in [2.05, 4.69) is 81.8 Å². The predicted octanol–water partition coefficient (Wildman–Crippen LogP) is 10.1. The van der Waals surface area contributed by atoms with Crippen molar-refractivity contribution >= 4 is 52.0 Å². The minimum absolute atomic E-state index is 0.0772. The Morgan fingerprint density at radius 3 is 2.64 bits per heavy atom. The summed E-state index contributed by atoms with van der Waals surface area (Å²) in [5, 5.41) is 42.7. The number of anilines is 1. The van der Waals surface area contributed by atoms with Crippen LogP contribution < -0.4 is 16.4 Å². The lowest BCUT2D eigenvalue weighted by atomic mass is 9.57. The van der Waals surface area contributed by atoms with Crippen molar-refractivity contribution in [2.24, 2.45) is 61.1 Å². The lowest BCUT2D eigenvalue weighted by Crippen LogP contribution is -2.45. The van der Waals surface area contributed by atoms with E-state index >= 15 is 4.79 Å². The highest BCUT2D eigenvalue weighted by Gasteiger charge is 2.64. The first kappa shape index (κ1) is 49.0. The lowest BCUT2D eigenvalue weighted by molar-refractivity contribution is 0.0241. The third kappa shape index (κ3) is 9.70. The molecule has 2 aromatic carbocycles. The summed E-state index contributed by atoms with van der Waals surface area (Å²) in [6.07, 6.45) is 16.8. The van der Waals surface area contributed by atoms with Crippen molar-refractivity contribution in [2.45, 2.75) is 141 Å². The van der Waals surface area contributed by atoms with Gasteiger partial charge in [-0.1, -0.05) is 61.6 Å². The fraction of sp³-hybridized carbons (Fsp3) is 0.533. The topological polar surface area (TPSA) is 165 Å². The van der Waals surface area contributed by atoms with Gasteiger partial charge in [0, 0.05) is 65.9 Å². The first-order valence-corrected chi connectivity index (χ1v) is 28.4. The van der Waals surface area contributed by atoms with E-state index in [9.17, 15) is 15.3 Å². The van der Waals surface area contributed by atoms with Gasteiger partial charge in [0.2, 0.25) is 0 Å². The van der Waals surface area contributed by atoms with Crippen molar-refractivity contribution in [2.75, 3.05) is 25.1 Å². The van der Waals surface area contributed by atoms with Crippen molar-refractivity contribution in [3.8, 4) is 39.2 Å². The van der Waals surface area contributed by atoms with Crippen molar-refractivity contribution in [1.82, 2.24) is 5.32 Å². The smallest absolute Gasteiger partial charge is 0.189 e. The summed E-state index contributed by atoms with van der Waals surface area (Å²) in [7, 11) is 0. The second-order valence-electron chi connectivity index (χ2n) is 22.7. The molecule has 376 valence electrons. The largest absolute Gasteiger partial charge is 0.508 e. The summed E-state index contributed by atoms with van der Waals surface area (Å²) in [5.74, 6) is 14.8. The van der Waals surface area contributed by atoms with E-state index < -0.39 is 5.60 Å². The van der Waals surface area contributed by atoms with Crippen molar-refractivity contribution < 1.29 is 20.1 Å². The third-order valence-electron chi connectivity index (χ3n) is 18.1. The van der Waals surface area contributed by atoms with Gasteiger partial charge in [-0.05, 0) is 166 Å². The normalized spacial score (nSPS) is 31.1. The molecule has 4 fully saturated rings. The molecule has 0 unspecified atom stereocenters. The SMILES string of the molecule is CC#Cc1ccc(-c2ccc(C(=O)[C@@H]3CC[C@@H]4C[C@]35C[C@@H]([C@H]3C#Cc6c(cc(O)cc6NC[C@@](C)(O)Cc6cccc(c6CC6=NCN=C6)C3)C[C@@H]4N=C(N)NC3CCCCC3)[C@]3(CCC[C@H]3CO)C5)s2)s1. The number of aliphatic hydroxyl groups excluding tert-OH is 1. The molecule has 2 spiro atoms. The van der Waals surface area contributed by atoms with Gasteiger partial charge in [0.05, 0.1) is 38.4 Å². The second kappa shape index (κ2) is 20.2. The highest BCUT2D eigenvalue weighted by molar-refractivity contribution is 7.23. The van der Waals surface area contributed by atoms with Crippen molar-refractivity contribution in [3.63, 3.8) is 0 Å². The number of aromatic hydroxyl groups is 1. The number of aliphatic imine (C=N–C) groups is 3. The maximum atomic E-state index is 15.7. The molecule has 0 amide bonds. The zero-order chi connectivity index (χ0) is 49.6. The van der Waals surface area contributed by atoms with Gasteiger partial charge in [0.25, 0.3) is 0 Å². The highest BCUT2D eigenvalue weighted by atomic mass is 32.1. The molecule has 7 bridgehead atoms. The Kier molecular flexibility index (Phi) is 13.8. The maximum Gasteiger partial charge on any atom is 0.189 e. The van der Waals surface area contributed by atoms with Crippen LogP contribution in [0.3, 0.4) is 0 Å². The molecular formula is C60H70N6O4S2. The van der Waals surface area contributed by atoms with Gasteiger partial charge in [0.1, 0.15) is 12.4 Å². The number of nitrogens with zero attached hydrogens (tertiary/aromatic N) is 3. The first-order chi connectivity index (χ1) is 34.9. The van der Waals surface area contributed by atoms with Gasteiger partial charge in [-0.25, -0.2) is 4.99 Å². The number of carbonyl (C=O) groups is 1. The van der Waals surface area contributed by atoms with Crippen LogP contribution in [0.1, 0.15) is 140 Å². The molecule has 10 nitrogen and oxygen atoms in total. The van der Waals surface area contributed by atoms with Crippen LogP contribution in [0.5, 0.6) is 5.75 Å². The summed E-state index contributed by atoms with van der Waals surface area (Å²) in [6, 6.07) is 18.6. The van der Waals surface area contributed by atoms with E-state index in [1.807, 2.05) is 26.1 Å². The molecule has 4 aromatic rings. The quantitative estimate of drug-likeness (QED) is 0.0443. The maximum absolute atomic E-state index is 15.7. The molecule has 12 heteroatoms. The van der Waals surface area contributed by atoms with E-state index in [0.29, 0.717) is 44.0 Å². The number of fused-ring (bicyclic) bond motifs is 7. The van der Waals surface area contributed by atoms with Crippen molar-refractivity contribution in [3.05, 3.63) is 92.2 Å². The van der Waals surface area contributed by atoms with Crippen LogP contribution in [0.25, 0.3) is 9.75 Å². The fourth-order valence-corrected chi connectivity index (χ4v) is 16.9. The molecule has 2 aliphatic heterocycles. The molecule has 9 atom stereocenters. The minimum Gasteiger partial charge on any atom is -0.508 e.